The van der Waals surface area contributed by atoms with E-state index in [1.165, 1.54) is 0 Å². The molecule has 0 radical (unpaired) electrons. The van der Waals surface area contributed by atoms with Gasteiger partial charge in [0.2, 0.25) is 5.91 Å². The van der Waals surface area contributed by atoms with Gasteiger partial charge in [0, 0.05) is 12.1 Å². The molecular weight excluding hydrogens is 256 g/mol. The van der Waals surface area contributed by atoms with Crippen molar-refractivity contribution in [1.82, 2.24) is 4.90 Å². The van der Waals surface area contributed by atoms with E-state index in [4.69, 9.17) is 29.6 Å². The van der Waals surface area contributed by atoms with Crippen LogP contribution in [0.1, 0.15) is 12.5 Å². The first-order valence-corrected chi connectivity index (χ1v) is 6.00. The number of nitrogens with two attached hydrogens (primary N) is 1. The van der Waals surface area contributed by atoms with Crippen molar-refractivity contribution in [1.29, 1.82) is 0 Å². The molecule has 0 aliphatic heterocycles. The maximum atomic E-state index is 11.9. The molecule has 5 heteroatoms. The molecule has 3 nitrogen and oxygen atoms in total. The minimum absolute atomic E-state index is 0.0207. The second-order valence-corrected chi connectivity index (χ2v) is 4.79. The van der Waals surface area contributed by atoms with Crippen molar-refractivity contribution in [2.24, 2.45) is 5.73 Å². The van der Waals surface area contributed by atoms with Gasteiger partial charge in [-0.05, 0) is 24.6 Å². The monoisotopic (exact) mass is 270 g/mol. The summed E-state index contributed by atoms with van der Waals surface area (Å²) in [6.45, 7) is 1.81. The van der Waals surface area contributed by atoms with E-state index in [9.17, 15) is 4.79 Å². The van der Waals surface area contributed by atoms with E-state index < -0.39 is 0 Å². The van der Waals surface area contributed by atoms with E-state index in [2.05, 4.69) is 0 Å². The Morgan fingerprint density at radius 3 is 2.47 bits per heavy atom. The summed E-state index contributed by atoms with van der Waals surface area (Å²) >= 11 is 10.6. The summed E-state index contributed by atoms with van der Waals surface area (Å²) in [5.74, 6) is -0.0207. The number of hydrogen-bond acceptors (Lipinski definition) is 2. The molecule has 1 aromatic rings. The van der Waals surface area contributed by atoms with Gasteiger partial charge >= 0.3 is 0 Å². The zero-order valence-electron chi connectivity index (χ0n) is 9.81. The van der Waals surface area contributed by atoms with Gasteiger partial charge in [-0.2, -0.15) is 0 Å². The molecule has 0 fully saturated rings. The third kappa shape index (κ3) is 3.98. The van der Waals surface area contributed by atoms with Crippen LogP contribution in [0.3, 0.4) is 0 Å². The van der Waals surface area contributed by atoms with Gasteiger partial charge < -0.3 is 10.6 Å². The molecule has 0 spiro atoms. The van der Waals surface area contributed by atoms with Crippen LogP contribution in [-0.4, -0.2) is 28.9 Å². The van der Waals surface area contributed by atoms with Crippen LogP contribution in [0.2, 0.25) is 5.02 Å². The second kappa shape index (κ2) is 5.98. The van der Waals surface area contributed by atoms with Crippen LogP contribution in [0.15, 0.2) is 24.3 Å². The van der Waals surface area contributed by atoms with Gasteiger partial charge in [-0.1, -0.05) is 36.0 Å². The fourth-order valence-corrected chi connectivity index (χ4v) is 1.59. The fraction of sp³-hybridized carbons (Fsp3) is 0.333. The van der Waals surface area contributed by atoms with Crippen molar-refractivity contribution in [3.8, 4) is 0 Å². The Hall–Kier alpha value is -1.13. The molecule has 0 aromatic heterocycles. The van der Waals surface area contributed by atoms with Crippen molar-refractivity contribution in [3.63, 3.8) is 0 Å². The Balaban J connectivity index is 2.66. The summed E-state index contributed by atoms with van der Waals surface area (Å²) in [6, 6.07) is 6.96. The second-order valence-electron chi connectivity index (χ2n) is 3.89. The highest BCUT2D eigenvalue weighted by Gasteiger charge is 2.17. The normalized spacial score (nSPS) is 11.9. The molecule has 0 aliphatic carbocycles. The zero-order valence-corrected chi connectivity index (χ0v) is 11.4. The first kappa shape index (κ1) is 13.9. The Morgan fingerprint density at radius 1 is 1.47 bits per heavy atom. The van der Waals surface area contributed by atoms with Gasteiger partial charge in [-0.3, -0.25) is 4.79 Å². The smallest absolute Gasteiger partial charge is 0.227 e. The van der Waals surface area contributed by atoms with Gasteiger partial charge in [0.05, 0.1) is 17.5 Å². The van der Waals surface area contributed by atoms with Crippen molar-refractivity contribution in [2.45, 2.75) is 19.4 Å². The van der Waals surface area contributed by atoms with E-state index in [-0.39, 0.29) is 11.9 Å². The summed E-state index contributed by atoms with van der Waals surface area (Å²) in [4.78, 5) is 13.8. The average molecular weight is 271 g/mol. The van der Waals surface area contributed by atoms with Crippen LogP contribution in [0.25, 0.3) is 0 Å². The summed E-state index contributed by atoms with van der Waals surface area (Å²) in [5.41, 5.74) is 6.43. The van der Waals surface area contributed by atoms with E-state index in [0.29, 0.717) is 16.4 Å². The van der Waals surface area contributed by atoms with Gasteiger partial charge in [0.25, 0.3) is 0 Å². The zero-order chi connectivity index (χ0) is 13.0. The molecule has 17 heavy (non-hydrogen) atoms. The number of rotatable bonds is 4. The lowest BCUT2D eigenvalue weighted by Crippen LogP contribution is -2.43. The summed E-state index contributed by atoms with van der Waals surface area (Å²) in [7, 11) is 1.70. The van der Waals surface area contributed by atoms with E-state index in [1.807, 2.05) is 19.1 Å². The number of likely N-dealkylation sites (N-methyl/N-ethyl adjacent to an activating group) is 1. The number of hydrogen-bond donors (Lipinski definition) is 1. The molecule has 0 bridgehead atoms. The first-order chi connectivity index (χ1) is 7.91. The van der Waals surface area contributed by atoms with E-state index in [0.717, 1.165) is 5.56 Å². The predicted molar refractivity (Wildman–Crippen MR) is 74.2 cm³/mol. The third-order valence-electron chi connectivity index (χ3n) is 2.65. The number of thiocarbonyl (C=S) groups is 1. The minimum Gasteiger partial charge on any atom is -0.392 e. The van der Waals surface area contributed by atoms with Gasteiger partial charge in [-0.25, -0.2) is 0 Å². The summed E-state index contributed by atoms with van der Waals surface area (Å²) < 4.78 is 0. The Labute approximate surface area is 112 Å². The molecule has 0 heterocycles. The largest absolute Gasteiger partial charge is 0.392 e. The maximum Gasteiger partial charge on any atom is 0.227 e. The molecule has 1 rings (SSSR count). The lowest BCUT2D eigenvalue weighted by atomic mass is 10.1. The minimum atomic E-state index is -0.232. The fourth-order valence-electron chi connectivity index (χ4n) is 1.31. The number of halogens is 1. The lowest BCUT2D eigenvalue weighted by molar-refractivity contribution is -0.129. The summed E-state index contributed by atoms with van der Waals surface area (Å²) in [5, 5.41) is 0.658. The molecule has 0 saturated heterocycles. The third-order valence-corrected chi connectivity index (χ3v) is 3.25. The highest BCUT2D eigenvalue weighted by molar-refractivity contribution is 7.80. The van der Waals surface area contributed by atoms with Crippen LogP contribution < -0.4 is 5.73 Å². The number of carbonyl (C=O) groups excluding carboxylic acids is 1. The quantitative estimate of drug-likeness (QED) is 0.852. The molecule has 2 N–H and O–H groups in total. The summed E-state index contributed by atoms with van der Waals surface area (Å²) in [6.07, 6.45) is 0.320. The van der Waals surface area contributed by atoms with E-state index >= 15 is 0 Å². The SMILES string of the molecule is CC(C(N)=S)N(C)C(=O)Cc1ccc(Cl)cc1. The highest BCUT2D eigenvalue weighted by atomic mass is 35.5. The molecule has 92 valence electrons. The number of amides is 1. The van der Waals surface area contributed by atoms with Gasteiger partial charge in [-0.15, -0.1) is 0 Å². The standard InChI is InChI=1S/C12H15ClN2OS/c1-8(12(14)17)15(2)11(16)7-9-3-5-10(13)6-4-9/h3-6,8H,7H2,1-2H3,(H2,14,17). The van der Waals surface area contributed by atoms with Gasteiger partial charge in [0.15, 0.2) is 0 Å². The van der Waals surface area contributed by atoms with Crippen LogP contribution in [0, 0.1) is 0 Å². The number of carbonyl (C=O) groups is 1. The first-order valence-electron chi connectivity index (χ1n) is 5.21. The molecule has 1 atom stereocenters. The molecule has 1 unspecified atom stereocenters. The van der Waals surface area contributed by atoms with Crippen molar-refractivity contribution in [3.05, 3.63) is 34.9 Å². The topological polar surface area (TPSA) is 46.3 Å². The Kier molecular flexibility index (Phi) is 4.90. The van der Waals surface area contributed by atoms with E-state index in [1.54, 1.807) is 24.1 Å². The van der Waals surface area contributed by atoms with Crippen LogP contribution >= 0.6 is 23.8 Å². The van der Waals surface area contributed by atoms with Crippen molar-refractivity contribution in [2.75, 3.05) is 7.05 Å². The van der Waals surface area contributed by atoms with Crippen molar-refractivity contribution >= 4 is 34.7 Å². The number of nitrogens with zero attached hydrogens (tertiary/aromatic N) is 1. The van der Waals surface area contributed by atoms with Crippen LogP contribution in [-0.2, 0) is 11.2 Å². The molecule has 1 amide bonds. The van der Waals surface area contributed by atoms with Gasteiger partial charge in [0.1, 0.15) is 0 Å². The Bertz CT molecular complexity index is 419. The van der Waals surface area contributed by atoms with Crippen molar-refractivity contribution < 1.29 is 4.79 Å². The van der Waals surface area contributed by atoms with Crippen LogP contribution in [0.5, 0.6) is 0 Å². The highest BCUT2D eigenvalue weighted by Crippen LogP contribution is 2.11. The molecular formula is C12H15ClN2OS. The molecule has 1 aromatic carbocycles. The maximum absolute atomic E-state index is 11.9. The Morgan fingerprint density at radius 2 is 2.00 bits per heavy atom. The molecule has 0 aliphatic rings. The lowest BCUT2D eigenvalue weighted by Gasteiger charge is -2.23. The average Bonchev–Trinajstić information content (AvgIpc) is 2.30. The predicted octanol–water partition coefficient (Wildman–Crippen LogP) is 2.02. The van der Waals surface area contributed by atoms with Crippen LogP contribution in [0.4, 0.5) is 0 Å². The number of benzene rings is 1. The molecule has 0 saturated carbocycles.